The third kappa shape index (κ3) is 4.62. The van der Waals surface area contributed by atoms with E-state index in [9.17, 15) is 9.18 Å². The molecular weight excluding hydrogens is 343 g/mol. The predicted octanol–water partition coefficient (Wildman–Crippen LogP) is 3.84. The number of hydrogen-bond acceptors (Lipinski definition) is 3. The highest BCUT2D eigenvalue weighted by atomic mass is 19.1. The van der Waals surface area contributed by atoms with E-state index in [2.05, 4.69) is 18.6 Å². The summed E-state index contributed by atoms with van der Waals surface area (Å²) in [6.45, 7) is 7.31. The Morgan fingerprint density at radius 3 is 2.96 bits per heavy atom. The average molecular weight is 366 g/mol. The Hall–Kier alpha value is -2.94. The van der Waals surface area contributed by atoms with E-state index in [1.165, 1.54) is 18.3 Å². The largest absolute Gasteiger partial charge is 0.335 e. The van der Waals surface area contributed by atoms with Crippen LogP contribution < -0.4 is 0 Å². The molecule has 6 heteroatoms. The lowest BCUT2D eigenvalue weighted by Gasteiger charge is -2.25. The van der Waals surface area contributed by atoms with Crippen molar-refractivity contribution in [3.05, 3.63) is 65.8 Å². The average Bonchev–Trinajstić information content (AvgIpc) is 3.26. The number of benzene rings is 1. The lowest BCUT2D eigenvalue weighted by atomic mass is 10.0. The number of aromatic nitrogens is 2. The maximum atomic E-state index is 13.6. The molecule has 5 nitrogen and oxygen atoms in total. The molecule has 2 heterocycles. The zero-order valence-corrected chi connectivity index (χ0v) is 15.4. The molecule has 0 saturated carbocycles. The standard InChI is InChI=1S/C21H23FN4O/c1-15(12-25-14-17(10-23)11-24-25)6-7-21(27)26-13-16(2)8-20(26)18-4-3-5-19(22)9-18/h3-5,9,11,14,16,20H,1,6-8,12-13H2,2H3. The van der Waals surface area contributed by atoms with E-state index >= 15 is 0 Å². The van der Waals surface area contributed by atoms with Crippen molar-refractivity contribution in [1.29, 1.82) is 5.26 Å². The summed E-state index contributed by atoms with van der Waals surface area (Å²) in [6.07, 6.45) is 4.94. The molecule has 2 aromatic rings. The minimum Gasteiger partial charge on any atom is -0.335 e. The van der Waals surface area contributed by atoms with E-state index in [-0.39, 0.29) is 17.8 Å². The molecule has 0 spiro atoms. The van der Waals surface area contributed by atoms with Crippen LogP contribution in [0.4, 0.5) is 4.39 Å². The van der Waals surface area contributed by atoms with Gasteiger partial charge in [0.15, 0.2) is 0 Å². The van der Waals surface area contributed by atoms with Gasteiger partial charge in [-0.15, -0.1) is 0 Å². The van der Waals surface area contributed by atoms with E-state index in [4.69, 9.17) is 5.26 Å². The topological polar surface area (TPSA) is 61.9 Å². The summed E-state index contributed by atoms with van der Waals surface area (Å²) < 4.78 is 15.2. The molecule has 27 heavy (non-hydrogen) atoms. The molecule has 2 unspecified atom stereocenters. The molecule has 1 aromatic heterocycles. The summed E-state index contributed by atoms with van der Waals surface area (Å²) >= 11 is 0. The van der Waals surface area contributed by atoms with Gasteiger partial charge in [0.1, 0.15) is 11.9 Å². The highest BCUT2D eigenvalue weighted by Gasteiger charge is 2.33. The number of nitriles is 1. The van der Waals surface area contributed by atoms with Gasteiger partial charge in [-0.1, -0.05) is 31.2 Å². The van der Waals surface area contributed by atoms with Gasteiger partial charge < -0.3 is 4.90 Å². The first kappa shape index (κ1) is 18.8. The van der Waals surface area contributed by atoms with Crippen LogP contribution in [-0.4, -0.2) is 27.1 Å². The minimum absolute atomic E-state index is 0.0629. The van der Waals surface area contributed by atoms with Gasteiger partial charge in [0, 0.05) is 19.2 Å². The second-order valence-electron chi connectivity index (χ2n) is 7.25. The molecule has 1 saturated heterocycles. The van der Waals surface area contributed by atoms with Crippen molar-refractivity contribution in [2.24, 2.45) is 5.92 Å². The molecule has 1 amide bonds. The van der Waals surface area contributed by atoms with Crippen molar-refractivity contribution < 1.29 is 9.18 Å². The SMILES string of the molecule is C=C(CCC(=O)N1CC(C)CC1c1cccc(F)c1)Cn1cc(C#N)cn1. The van der Waals surface area contributed by atoms with Gasteiger partial charge in [-0.2, -0.15) is 10.4 Å². The van der Waals surface area contributed by atoms with Gasteiger partial charge in [-0.3, -0.25) is 9.48 Å². The first-order valence-corrected chi connectivity index (χ1v) is 9.10. The van der Waals surface area contributed by atoms with Crippen LogP contribution in [0.1, 0.15) is 43.4 Å². The predicted molar refractivity (Wildman–Crippen MR) is 100.0 cm³/mol. The molecule has 2 atom stereocenters. The lowest BCUT2D eigenvalue weighted by molar-refractivity contribution is -0.132. The molecule has 1 aliphatic rings. The van der Waals surface area contributed by atoms with E-state index in [0.717, 1.165) is 17.6 Å². The van der Waals surface area contributed by atoms with E-state index in [1.807, 2.05) is 17.0 Å². The number of hydrogen-bond donors (Lipinski definition) is 0. The van der Waals surface area contributed by atoms with Crippen molar-refractivity contribution in [3.63, 3.8) is 0 Å². The second kappa shape index (κ2) is 8.17. The highest BCUT2D eigenvalue weighted by molar-refractivity contribution is 5.77. The van der Waals surface area contributed by atoms with Crippen molar-refractivity contribution in [2.75, 3.05) is 6.54 Å². The molecule has 1 aliphatic heterocycles. The quantitative estimate of drug-likeness (QED) is 0.730. The fourth-order valence-electron chi connectivity index (χ4n) is 3.59. The first-order valence-electron chi connectivity index (χ1n) is 9.10. The Labute approximate surface area is 158 Å². The fraction of sp³-hybridized carbons (Fsp3) is 0.381. The fourth-order valence-corrected chi connectivity index (χ4v) is 3.59. The van der Waals surface area contributed by atoms with Crippen LogP contribution in [0.5, 0.6) is 0 Å². The maximum absolute atomic E-state index is 13.6. The van der Waals surface area contributed by atoms with Crippen LogP contribution in [0.15, 0.2) is 48.8 Å². The number of halogens is 1. The Morgan fingerprint density at radius 2 is 2.26 bits per heavy atom. The van der Waals surface area contributed by atoms with Crippen molar-refractivity contribution in [1.82, 2.24) is 14.7 Å². The van der Waals surface area contributed by atoms with Crippen LogP contribution in [0, 0.1) is 23.1 Å². The van der Waals surface area contributed by atoms with Gasteiger partial charge in [0.25, 0.3) is 0 Å². The maximum Gasteiger partial charge on any atom is 0.223 e. The second-order valence-corrected chi connectivity index (χ2v) is 7.25. The molecule has 0 radical (unpaired) electrons. The van der Waals surface area contributed by atoms with Gasteiger partial charge in [-0.25, -0.2) is 4.39 Å². The third-order valence-electron chi connectivity index (χ3n) is 4.90. The Kier molecular flexibility index (Phi) is 5.70. The zero-order valence-electron chi connectivity index (χ0n) is 15.4. The Balaban J connectivity index is 1.59. The summed E-state index contributed by atoms with van der Waals surface area (Å²) in [7, 11) is 0. The van der Waals surface area contributed by atoms with Gasteiger partial charge in [0.2, 0.25) is 5.91 Å². The smallest absolute Gasteiger partial charge is 0.223 e. The number of likely N-dealkylation sites (tertiary alicyclic amines) is 1. The molecule has 0 bridgehead atoms. The molecule has 3 rings (SSSR count). The molecule has 0 aliphatic carbocycles. The van der Waals surface area contributed by atoms with E-state index < -0.39 is 0 Å². The number of amides is 1. The summed E-state index contributed by atoms with van der Waals surface area (Å²) in [4.78, 5) is 14.7. The summed E-state index contributed by atoms with van der Waals surface area (Å²) in [5, 5.41) is 12.9. The monoisotopic (exact) mass is 366 g/mol. The summed E-state index contributed by atoms with van der Waals surface area (Å²) in [6, 6.07) is 8.49. The summed E-state index contributed by atoms with van der Waals surface area (Å²) in [5.41, 5.74) is 2.24. The van der Waals surface area contributed by atoms with Crippen LogP contribution >= 0.6 is 0 Å². The number of nitrogens with zero attached hydrogens (tertiary/aromatic N) is 4. The molecule has 140 valence electrons. The van der Waals surface area contributed by atoms with Crippen LogP contribution in [0.2, 0.25) is 0 Å². The first-order chi connectivity index (χ1) is 13.0. The highest BCUT2D eigenvalue weighted by Crippen LogP contribution is 2.36. The van der Waals surface area contributed by atoms with E-state index in [0.29, 0.717) is 37.4 Å². The molecule has 0 N–H and O–H groups in total. The molecular formula is C21H23FN4O. The lowest BCUT2D eigenvalue weighted by Crippen LogP contribution is -2.31. The van der Waals surface area contributed by atoms with Gasteiger partial charge in [0.05, 0.1) is 24.3 Å². The number of carbonyl (C=O) groups excluding carboxylic acids is 1. The summed E-state index contributed by atoms with van der Waals surface area (Å²) in [5.74, 6) is 0.177. The van der Waals surface area contributed by atoms with E-state index in [1.54, 1.807) is 16.9 Å². The Morgan fingerprint density at radius 1 is 1.44 bits per heavy atom. The van der Waals surface area contributed by atoms with Gasteiger partial charge >= 0.3 is 0 Å². The normalized spacial score (nSPS) is 19.1. The van der Waals surface area contributed by atoms with Crippen molar-refractivity contribution in [3.8, 4) is 6.07 Å². The number of carbonyl (C=O) groups is 1. The minimum atomic E-state index is -0.274. The van der Waals surface area contributed by atoms with Crippen LogP contribution in [-0.2, 0) is 11.3 Å². The van der Waals surface area contributed by atoms with Crippen molar-refractivity contribution in [2.45, 2.75) is 38.8 Å². The van der Waals surface area contributed by atoms with Crippen LogP contribution in [0.25, 0.3) is 0 Å². The number of allylic oxidation sites excluding steroid dienone is 1. The third-order valence-corrected chi connectivity index (χ3v) is 4.90. The molecule has 1 fully saturated rings. The molecule has 1 aromatic carbocycles. The van der Waals surface area contributed by atoms with Crippen LogP contribution in [0.3, 0.4) is 0 Å². The van der Waals surface area contributed by atoms with Crippen molar-refractivity contribution >= 4 is 5.91 Å². The number of rotatable bonds is 6. The van der Waals surface area contributed by atoms with Gasteiger partial charge in [-0.05, 0) is 36.5 Å². The zero-order chi connectivity index (χ0) is 19.4. The Bertz CT molecular complexity index is 882.